The fourth-order valence-corrected chi connectivity index (χ4v) is 1.92. The first-order chi connectivity index (χ1) is 8.74. The molecule has 94 valence electrons. The number of benzene rings is 1. The maximum atomic E-state index is 4.42. The molecule has 1 aromatic carbocycles. The van der Waals surface area contributed by atoms with Crippen LogP contribution in [0.3, 0.4) is 0 Å². The summed E-state index contributed by atoms with van der Waals surface area (Å²) < 4.78 is 0. The van der Waals surface area contributed by atoms with Crippen LogP contribution in [0.25, 0.3) is 0 Å². The van der Waals surface area contributed by atoms with Crippen molar-refractivity contribution in [3.63, 3.8) is 0 Å². The van der Waals surface area contributed by atoms with Crippen molar-refractivity contribution in [1.29, 1.82) is 0 Å². The van der Waals surface area contributed by atoms with E-state index in [1.807, 2.05) is 26.1 Å². The van der Waals surface area contributed by atoms with E-state index in [0.717, 1.165) is 23.9 Å². The number of hydrogen-bond donors (Lipinski definition) is 1. The van der Waals surface area contributed by atoms with Crippen molar-refractivity contribution in [3.05, 3.63) is 42.2 Å². The average molecular weight is 242 g/mol. The highest BCUT2D eigenvalue weighted by molar-refractivity contribution is 5.71. The lowest BCUT2D eigenvalue weighted by molar-refractivity contribution is 1.06. The van der Waals surface area contributed by atoms with E-state index in [2.05, 4.69) is 39.2 Å². The highest BCUT2D eigenvalue weighted by Crippen LogP contribution is 2.28. The molecule has 0 saturated carbocycles. The molecular weight excluding hydrogens is 224 g/mol. The summed E-state index contributed by atoms with van der Waals surface area (Å²) in [7, 11) is 2.01. The van der Waals surface area contributed by atoms with Gasteiger partial charge in [0.2, 0.25) is 0 Å². The minimum atomic E-state index is 0.811. The first-order valence-electron chi connectivity index (χ1n) is 6.08. The molecule has 0 radical (unpaired) electrons. The highest BCUT2D eigenvalue weighted by Gasteiger charge is 2.12. The molecule has 0 aliphatic rings. The van der Waals surface area contributed by atoms with Gasteiger partial charge in [0.25, 0.3) is 0 Å². The minimum Gasteiger partial charge on any atom is -0.367 e. The third-order valence-corrected chi connectivity index (χ3v) is 2.82. The summed E-state index contributed by atoms with van der Waals surface area (Å²) in [6.07, 6.45) is 3.41. The lowest BCUT2D eigenvalue weighted by Gasteiger charge is -2.22. The molecule has 0 aliphatic carbocycles. The number of nitrogens with one attached hydrogen (secondary N) is 1. The van der Waals surface area contributed by atoms with Crippen LogP contribution in [-0.2, 0) is 0 Å². The van der Waals surface area contributed by atoms with Crippen LogP contribution in [-0.4, -0.2) is 23.6 Å². The van der Waals surface area contributed by atoms with Gasteiger partial charge in [0.05, 0.1) is 0 Å². The lowest BCUT2D eigenvalue weighted by Crippen LogP contribution is -2.16. The number of hydrogen-bond acceptors (Lipinski definition) is 4. The Morgan fingerprint density at radius 2 is 1.89 bits per heavy atom. The molecule has 0 amide bonds. The smallest absolute Gasteiger partial charge is 0.176 e. The van der Waals surface area contributed by atoms with E-state index >= 15 is 0 Å². The zero-order valence-electron chi connectivity index (χ0n) is 11.0. The van der Waals surface area contributed by atoms with Crippen molar-refractivity contribution in [3.8, 4) is 0 Å². The van der Waals surface area contributed by atoms with Gasteiger partial charge >= 0.3 is 0 Å². The monoisotopic (exact) mass is 242 g/mol. The predicted molar refractivity (Wildman–Crippen MR) is 75.4 cm³/mol. The van der Waals surface area contributed by atoms with Crippen LogP contribution in [0.4, 0.5) is 17.3 Å². The van der Waals surface area contributed by atoms with Crippen LogP contribution in [0.2, 0.25) is 0 Å². The normalized spacial score (nSPS) is 10.2. The Labute approximate surface area is 108 Å². The molecule has 1 heterocycles. The van der Waals surface area contributed by atoms with Gasteiger partial charge in [0, 0.05) is 31.7 Å². The van der Waals surface area contributed by atoms with Crippen LogP contribution >= 0.6 is 0 Å². The van der Waals surface area contributed by atoms with E-state index in [1.54, 1.807) is 12.4 Å². The number of aromatic nitrogens is 2. The molecular formula is C14H18N4. The lowest BCUT2D eigenvalue weighted by atomic mass is 10.2. The summed E-state index contributed by atoms with van der Waals surface area (Å²) in [5.41, 5.74) is 2.35. The quantitative estimate of drug-likeness (QED) is 0.895. The SMILES string of the molecule is CCNc1nccnc1N(C)c1ccccc1C. The molecule has 0 unspecified atom stereocenters. The first kappa shape index (κ1) is 12.4. The van der Waals surface area contributed by atoms with Crippen LogP contribution < -0.4 is 10.2 Å². The second kappa shape index (κ2) is 5.49. The van der Waals surface area contributed by atoms with Gasteiger partial charge in [-0.15, -0.1) is 0 Å². The fraction of sp³-hybridized carbons (Fsp3) is 0.286. The van der Waals surface area contributed by atoms with E-state index in [4.69, 9.17) is 0 Å². The van der Waals surface area contributed by atoms with Crippen molar-refractivity contribution in [2.45, 2.75) is 13.8 Å². The molecule has 0 spiro atoms. The summed E-state index contributed by atoms with van der Waals surface area (Å²) in [5, 5.41) is 3.23. The molecule has 2 rings (SSSR count). The molecule has 0 fully saturated rings. The number of nitrogens with zero attached hydrogens (tertiary/aromatic N) is 3. The molecule has 1 aromatic heterocycles. The fourth-order valence-electron chi connectivity index (χ4n) is 1.92. The number of anilines is 3. The van der Waals surface area contributed by atoms with Crippen molar-refractivity contribution in [2.24, 2.45) is 0 Å². The Kier molecular flexibility index (Phi) is 3.77. The summed E-state index contributed by atoms with van der Waals surface area (Å²) in [4.78, 5) is 10.8. The maximum Gasteiger partial charge on any atom is 0.176 e. The molecule has 0 bridgehead atoms. The molecule has 0 saturated heterocycles. The summed E-state index contributed by atoms with van der Waals surface area (Å²) >= 11 is 0. The highest BCUT2D eigenvalue weighted by atomic mass is 15.2. The molecule has 0 aliphatic heterocycles. The maximum absolute atomic E-state index is 4.42. The van der Waals surface area contributed by atoms with Crippen molar-refractivity contribution in [1.82, 2.24) is 9.97 Å². The Balaban J connectivity index is 2.40. The van der Waals surface area contributed by atoms with Crippen molar-refractivity contribution >= 4 is 17.3 Å². The average Bonchev–Trinajstić information content (AvgIpc) is 2.40. The first-order valence-corrected chi connectivity index (χ1v) is 6.08. The van der Waals surface area contributed by atoms with E-state index in [0.29, 0.717) is 0 Å². The van der Waals surface area contributed by atoms with Gasteiger partial charge in [-0.3, -0.25) is 0 Å². The van der Waals surface area contributed by atoms with Gasteiger partial charge in [-0.25, -0.2) is 9.97 Å². The van der Waals surface area contributed by atoms with Crippen LogP contribution in [0.15, 0.2) is 36.7 Å². The standard InChI is InChI=1S/C14H18N4/c1-4-15-13-14(17-10-9-16-13)18(3)12-8-6-5-7-11(12)2/h5-10H,4H2,1-3H3,(H,15,16). The largest absolute Gasteiger partial charge is 0.367 e. The molecule has 1 N–H and O–H groups in total. The third-order valence-electron chi connectivity index (χ3n) is 2.82. The zero-order chi connectivity index (χ0) is 13.0. The number of para-hydroxylation sites is 1. The summed E-state index contributed by atoms with van der Waals surface area (Å²) in [6, 6.07) is 8.24. The van der Waals surface area contributed by atoms with E-state index in [-0.39, 0.29) is 0 Å². The van der Waals surface area contributed by atoms with Gasteiger partial charge in [-0.1, -0.05) is 18.2 Å². The minimum absolute atomic E-state index is 0.811. The van der Waals surface area contributed by atoms with E-state index < -0.39 is 0 Å². The Bertz CT molecular complexity index is 525. The van der Waals surface area contributed by atoms with Crippen molar-refractivity contribution < 1.29 is 0 Å². The predicted octanol–water partition coefficient (Wildman–Crippen LogP) is 2.98. The molecule has 0 atom stereocenters. The summed E-state index contributed by atoms with van der Waals surface area (Å²) in [6.45, 7) is 4.97. The third kappa shape index (κ3) is 2.42. The Morgan fingerprint density at radius 3 is 2.61 bits per heavy atom. The zero-order valence-corrected chi connectivity index (χ0v) is 11.0. The molecule has 4 nitrogen and oxygen atoms in total. The van der Waals surface area contributed by atoms with E-state index in [9.17, 15) is 0 Å². The van der Waals surface area contributed by atoms with Crippen molar-refractivity contribution in [2.75, 3.05) is 23.8 Å². The Hall–Kier alpha value is -2.10. The van der Waals surface area contributed by atoms with Crippen LogP contribution in [0, 0.1) is 6.92 Å². The number of aryl methyl sites for hydroxylation is 1. The van der Waals surface area contributed by atoms with Crippen LogP contribution in [0.5, 0.6) is 0 Å². The topological polar surface area (TPSA) is 41.1 Å². The molecule has 2 aromatic rings. The Morgan fingerprint density at radius 1 is 1.17 bits per heavy atom. The molecule has 18 heavy (non-hydrogen) atoms. The summed E-state index contributed by atoms with van der Waals surface area (Å²) in [5.74, 6) is 1.65. The molecule has 4 heteroatoms. The van der Waals surface area contributed by atoms with Gasteiger partial charge in [0.1, 0.15) is 0 Å². The van der Waals surface area contributed by atoms with Crippen LogP contribution in [0.1, 0.15) is 12.5 Å². The van der Waals surface area contributed by atoms with Gasteiger partial charge < -0.3 is 10.2 Å². The van der Waals surface area contributed by atoms with Gasteiger partial charge in [-0.2, -0.15) is 0 Å². The van der Waals surface area contributed by atoms with E-state index in [1.165, 1.54) is 5.56 Å². The van der Waals surface area contributed by atoms with Gasteiger partial charge in [0.15, 0.2) is 11.6 Å². The second-order valence-electron chi connectivity index (χ2n) is 4.10. The number of rotatable bonds is 4. The second-order valence-corrected chi connectivity index (χ2v) is 4.10. The van der Waals surface area contributed by atoms with Gasteiger partial charge in [-0.05, 0) is 25.5 Å².